The standard InChI is InChI=1S/C19H28N6OS/c1-14-5-4-6-16(15(14)2)24-11-9-23(10-12-24)13-25-19(27)22(3)18(21-25)8-7-17(20)26/h4-6H,7-13H2,1-3H3,(H2,20,26). The SMILES string of the molecule is Cc1cccc(N2CCN(Cn3nc(CCC(N)=O)n(C)c3=S)CC2)c1C. The lowest BCUT2D eigenvalue weighted by Gasteiger charge is -2.36. The van der Waals surface area contributed by atoms with Crippen LogP contribution < -0.4 is 10.6 Å². The maximum atomic E-state index is 11.0. The molecular weight excluding hydrogens is 360 g/mol. The molecule has 1 aromatic heterocycles. The summed E-state index contributed by atoms with van der Waals surface area (Å²) in [4.78, 5) is 15.8. The van der Waals surface area contributed by atoms with Crippen molar-refractivity contribution in [2.75, 3.05) is 31.1 Å². The summed E-state index contributed by atoms with van der Waals surface area (Å²) in [5.41, 5.74) is 9.27. The number of nitrogens with zero attached hydrogens (tertiary/aromatic N) is 5. The lowest BCUT2D eigenvalue weighted by Crippen LogP contribution is -2.47. The molecule has 0 aliphatic carbocycles. The Morgan fingerprint density at radius 3 is 2.59 bits per heavy atom. The quantitative estimate of drug-likeness (QED) is 0.764. The van der Waals surface area contributed by atoms with E-state index in [1.165, 1.54) is 16.8 Å². The highest BCUT2D eigenvalue weighted by atomic mass is 32.1. The number of amides is 1. The minimum atomic E-state index is -0.321. The highest BCUT2D eigenvalue weighted by Gasteiger charge is 2.20. The highest BCUT2D eigenvalue weighted by molar-refractivity contribution is 7.71. The van der Waals surface area contributed by atoms with Crippen LogP contribution in [0.25, 0.3) is 0 Å². The minimum Gasteiger partial charge on any atom is -0.370 e. The maximum Gasteiger partial charge on any atom is 0.217 e. The van der Waals surface area contributed by atoms with Crippen LogP contribution in [0.1, 0.15) is 23.4 Å². The van der Waals surface area contributed by atoms with Gasteiger partial charge in [0.05, 0.1) is 6.67 Å². The molecule has 0 spiro atoms. The number of hydrogen-bond donors (Lipinski definition) is 1. The van der Waals surface area contributed by atoms with Crippen LogP contribution in [0.2, 0.25) is 0 Å². The molecule has 3 rings (SSSR count). The van der Waals surface area contributed by atoms with Gasteiger partial charge in [-0.05, 0) is 43.3 Å². The molecule has 1 aromatic carbocycles. The van der Waals surface area contributed by atoms with Crippen molar-refractivity contribution in [3.63, 3.8) is 0 Å². The van der Waals surface area contributed by atoms with Crippen LogP contribution in [0.15, 0.2) is 18.2 Å². The fourth-order valence-corrected chi connectivity index (χ4v) is 3.68. The number of carbonyl (C=O) groups is 1. The van der Waals surface area contributed by atoms with E-state index in [1.54, 1.807) is 0 Å². The van der Waals surface area contributed by atoms with Crippen molar-refractivity contribution in [1.82, 2.24) is 19.2 Å². The summed E-state index contributed by atoms with van der Waals surface area (Å²) in [5.74, 6) is 0.478. The largest absolute Gasteiger partial charge is 0.370 e. The van der Waals surface area contributed by atoms with Gasteiger partial charge in [-0.1, -0.05) is 12.1 Å². The molecule has 8 heteroatoms. The van der Waals surface area contributed by atoms with E-state index in [-0.39, 0.29) is 12.3 Å². The van der Waals surface area contributed by atoms with E-state index in [0.717, 1.165) is 32.0 Å². The van der Waals surface area contributed by atoms with Crippen molar-refractivity contribution < 1.29 is 4.79 Å². The summed E-state index contributed by atoms with van der Waals surface area (Å²) in [6.07, 6.45) is 0.803. The lowest BCUT2D eigenvalue weighted by molar-refractivity contribution is -0.118. The van der Waals surface area contributed by atoms with Gasteiger partial charge in [-0.2, -0.15) is 5.10 Å². The Balaban J connectivity index is 1.62. The molecule has 0 unspecified atom stereocenters. The van der Waals surface area contributed by atoms with Gasteiger partial charge in [0.2, 0.25) is 5.91 Å². The van der Waals surface area contributed by atoms with Gasteiger partial charge < -0.3 is 15.2 Å². The van der Waals surface area contributed by atoms with Crippen LogP contribution in [0.5, 0.6) is 0 Å². The Labute approximate surface area is 165 Å². The summed E-state index contributed by atoms with van der Waals surface area (Å²) in [5, 5.41) is 4.59. The number of primary amides is 1. The highest BCUT2D eigenvalue weighted by Crippen LogP contribution is 2.24. The van der Waals surface area contributed by atoms with Crippen molar-refractivity contribution in [1.29, 1.82) is 0 Å². The molecule has 0 saturated carbocycles. The van der Waals surface area contributed by atoms with Gasteiger partial charge in [-0.3, -0.25) is 9.69 Å². The van der Waals surface area contributed by atoms with Crippen molar-refractivity contribution in [2.45, 2.75) is 33.4 Å². The lowest BCUT2D eigenvalue weighted by atomic mass is 10.1. The number of piperazine rings is 1. The van der Waals surface area contributed by atoms with E-state index in [2.05, 4.69) is 46.9 Å². The topological polar surface area (TPSA) is 72.3 Å². The summed E-state index contributed by atoms with van der Waals surface area (Å²) in [7, 11) is 1.89. The smallest absolute Gasteiger partial charge is 0.217 e. The average molecular weight is 389 g/mol. The van der Waals surface area contributed by atoms with Gasteiger partial charge in [0.1, 0.15) is 5.82 Å². The molecule has 2 aromatic rings. The first kappa shape index (κ1) is 19.6. The van der Waals surface area contributed by atoms with Crippen LogP contribution in [0, 0.1) is 18.6 Å². The first-order valence-electron chi connectivity index (χ1n) is 9.31. The summed E-state index contributed by atoms with van der Waals surface area (Å²) >= 11 is 5.50. The predicted molar refractivity (Wildman–Crippen MR) is 109 cm³/mol. The number of aromatic nitrogens is 3. The number of hydrogen-bond acceptors (Lipinski definition) is 5. The number of aryl methyl sites for hydroxylation is 2. The molecule has 1 saturated heterocycles. The normalized spacial score (nSPS) is 15.3. The number of benzene rings is 1. The first-order valence-corrected chi connectivity index (χ1v) is 9.72. The van der Waals surface area contributed by atoms with Crippen molar-refractivity contribution in [3.8, 4) is 0 Å². The molecule has 27 heavy (non-hydrogen) atoms. The maximum absolute atomic E-state index is 11.0. The third-order valence-corrected chi connectivity index (χ3v) is 5.83. The fourth-order valence-electron chi connectivity index (χ4n) is 3.48. The van der Waals surface area contributed by atoms with Crippen LogP contribution in [-0.2, 0) is 24.9 Å². The number of rotatable bonds is 6. The average Bonchev–Trinajstić information content (AvgIpc) is 2.91. The molecular formula is C19H28N6OS. The number of carbonyl (C=O) groups excluding carboxylic acids is 1. The molecule has 7 nitrogen and oxygen atoms in total. The predicted octanol–water partition coefficient (Wildman–Crippen LogP) is 1.77. The van der Waals surface area contributed by atoms with Crippen LogP contribution in [-0.4, -0.2) is 51.3 Å². The second-order valence-electron chi connectivity index (χ2n) is 7.19. The number of nitrogens with two attached hydrogens (primary N) is 1. The van der Waals surface area contributed by atoms with E-state index >= 15 is 0 Å². The zero-order chi connectivity index (χ0) is 19.6. The second kappa shape index (κ2) is 8.22. The first-order chi connectivity index (χ1) is 12.9. The van der Waals surface area contributed by atoms with Crippen molar-refractivity contribution >= 4 is 23.8 Å². The Hall–Kier alpha value is -2.19. The molecule has 146 valence electrons. The Kier molecular flexibility index (Phi) is 5.96. The van der Waals surface area contributed by atoms with E-state index in [0.29, 0.717) is 17.9 Å². The second-order valence-corrected chi connectivity index (χ2v) is 7.55. The third kappa shape index (κ3) is 4.39. The van der Waals surface area contributed by atoms with Gasteiger partial charge >= 0.3 is 0 Å². The molecule has 1 amide bonds. The van der Waals surface area contributed by atoms with Gasteiger partial charge in [-0.15, -0.1) is 0 Å². The summed E-state index contributed by atoms with van der Waals surface area (Å²) in [6, 6.07) is 6.50. The van der Waals surface area contributed by atoms with Crippen molar-refractivity contribution in [3.05, 3.63) is 39.9 Å². The van der Waals surface area contributed by atoms with E-state index in [4.69, 9.17) is 18.0 Å². The fraction of sp³-hybridized carbons (Fsp3) is 0.526. The molecule has 0 atom stereocenters. The van der Waals surface area contributed by atoms with E-state index in [9.17, 15) is 4.79 Å². The third-order valence-electron chi connectivity index (χ3n) is 5.35. The molecule has 2 heterocycles. The molecule has 1 aliphatic heterocycles. The minimum absolute atomic E-state index is 0.286. The summed E-state index contributed by atoms with van der Waals surface area (Å²) in [6.45, 7) is 8.91. The van der Waals surface area contributed by atoms with Crippen molar-refractivity contribution in [2.24, 2.45) is 12.8 Å². The molecule has 0 bridgehead atoms. The van der Waals surface area contributed by atoms with E-state index < -0.39 is 0 Å². The number of anilines is 1. The zero-order valence-electron chi connectivity index (χ0n) is 16.3. The van der Waals surface area contributed by atoms with Gasteiger partial charge in [0.15, 0.2) is 4.77 Å². The van der Waals surface area contributed by atoms with Gasteiger partial charge in [-0.25, -0.2) is 4.68 Å². The zero-order valence-corrected chi connectivity index (χ0v) is 17.1. The van der Waals surface area contributed by atoms with Crippen LogP contribution in [0.4, 0.5) is 5.69 Å². The Morgan fingerprint density at radius 1 is 1.22 bits per heavy atom. The summed E-state index contributed by atoms with van der Waals surface area (Å²) < 4.78 is 4.38. The molecule has 1 fully saturated rings. The molecule has 0 radical (unpaired) electrons. The van der Waals surface area contributed by atoms with Crippen LogP contribution in [0.3, 0.4) is 0 Å². The monoisotopic (exact) mass is 388 g/mol. The van der Waals surface area contributed by atoms with E-state index in [1.807, 2.05) is 16.3 Å². The Bertz CT molecular complexity index is 879. The molecule has 1 aliphatic rings. The molecule has 2 N–H and O–H groups in total. The Morgan fingerprint density at radius 2 is 1.93 bits per heavy atom. The van der Waals surface area contributed by atoms with Gasteiger partial charge in [0.25, 0.3) is 0 Å². The van der Waals surface area contributed by atoms with Gasteiger partial charge in [0, 0.05) is 51.8 Å². The van der Waals surface area contributed by atoms with Crippen LogP contribution >= 0.6 is 12.2 Å².